The van der Waals surface area contributed by atoms with Gasteiger partial charge in [0.05, 0.1) is 12.8 Å². The van der Waals surface area contributed by atoms with Crippen LogP contribution in [0.5, 0.6) is 5.75 Å². The lowest BCUT2D eigenvalue weighted by Gasteiger charge is -2.36. The Morgan fingerprint density at radius 3 is 2.37 bits per heavy atom. The Balaban J connectivity index is 1.22. The van der Waals surface area contributed by atoms with Gasteiger partial charge in [0.1, 0.15) is 17.8 Å². The molecule has 2 aliphatic rings. The van der Waals surface area contributed by atoms with Crippen LogP contribution in [-0.4, -0.2) is 40.9 Å². The number of ether oxygens (including phenoxy) is 1. The summed E-state index contributed by atoms with van der Waals surface area (Å²) in [5, 5.41) is 3.97. The number of benzene rings is 4. The number of methoxy groups -OCH3 is 1. The Morgan fingerprint density at radius 2 is 1.65 bits per heavy atom. The largest absolute Gasteiger partial charge is 0.497 e. The van der Waals surface area contributed by atoms with Crippen LogP contribution in [-0.2, 0) is 11.2 Å². The van der Waals surface area contributed by atoms with E-state index in [0.717, 1.165) is 38.9 Å². The van der Waals surface area contributed by atoms with Gasteiger partial charge in [-0.1, -0.05) is 36.4 Å². The Bertz CT molecular complexity index is 1910. The van der Waals surface area contributed by atoms with Crippen molar-refractivity contribution < 1.29 is 19.1 Å². The van der Waals surface area contributed by atoms with E-state index in [4.69, 9.17) is 4.74 Å². The highest BCUT2D eigenvalue weighted by molar-refractivity contribution is 6.22. The molecule has 2 N–H and O–H groups in total. The van der Waals surface area contributed by atoms with Crippen molar-refractivity contribution in [3.05, 3.63) is 125 Å². The first-order valence-corrected chi connectivity index (χ1v) is 14.2. The molecule has 1 fully saturated rings. The second-order valence-corrected chi connectivity index (χ2v) is 11.1. The lowest BCUT2D eigenvalue weighted by molar-refractivity contribution is -0.120. The number of hydrogen-bond acceptors (Lipinski definition) is 4. The van der Waals surface area contributed by atoms with Crippen molar-refractivity contribution in [3.8, 4) is 5.75 Å². The summed E-state index contributed by atoms with van der Waals surface area (Å²) in [7, 11) is 1.61. The number of aryl methyl sites for hydroxylation is 2. The molecule has 0 radical (unpaired) electrons. The number of imide groups is 1. The van der Waals surface area contributed by atoms with Gasteiger partial charge in [0.15, 0.2) is 0 Å². The van der Waals surface area contributed by atoms with Gasteiger partial charge < -0.3 is 15.0 Å². The summed E-state index contributed by atoms with van der Waals surface area (Å²) in [5.41, 5.74) is 7.59. The van der Waals surface area contributed by atoms with E-state index < -0.39 is 18.1 Å². The van der Waals surface area contributed by atoms with Crippen molar-refractivity contribution in [2.24, 2.45) is 0 Å². The molecule has 214 valence electrons. The van der Waals surface area contributed by atoms with Crippen LogP contribution >= 0.6 is 0 Å². The fourth-order valence-corrected chi connectivity index (χ4v) is 6.23. The number of anilines is 2. The van der Waals surface area contributed by atoms with Crippen molar-refractivity contribution in [2.75, 3.05) is 17.3 Å². The van der Waals surface area contributed by atoms with Crippen molar-refractivity contribution in [3.63, 3.8) is 0 Å². The third-order valence-electron chi connectivity index (χ3n) is 8.63. The van der Waals surface area contributed by atoms with Gasteiger partial charge in [0, 0.05) is 34.3 Å². The van der Waals surface area contributed by atoms with Gasteiger partial charge in [0.25, 0.3) is 11.8 Å². The van der Waals surface area contributed by atoms with Crippen LogP contribution in [0.15, 0.2) is 91.0 Å². The Hall–Kier alpha value is -5.37. The molecular weight excluding hydrogens is 540 g/mol. The van der Waals surface area contributed by atoms with Gasteiger partial charge in [0.2, 0.25) is 0 Å². The van der Waals surface area contributed by atoms with E-state index in [9.17, 15) is 14.4 Å². The van der Waals surface area contributed by atoms with Gasteiger partial charge in [-0.05, 0) is 90.7 Å². The lowest BCUT2D eigenvalue weighted by atomic mass is 9.89. The first-order valence-electron chi connectivity index (χ1n) is 14.2. The molecular formula is C35H30N4O4. The van der Waals surface area contributed by atoms with Gasteiger partial charge in [-0.3, -0.25) is 14.5 Å². The summed E-state index contributed by atoms with van der Waals surface area (Å²) in [6.07, 6.45) is 0.406. The van der Waals surface area contributed by atoms with E-state index >= 15 is 0 Å². The number of urea groups is 1. The monoisotopic (exact) mass is 570 g/mol. The van der Waals surface area contributed by atoms with Crippen LogP contribution in [0.4, 0.5) is 16.2 Å². The molecule has 0 bridgehead atoms. The summed E-state index contributed by atoms with van der Waals surface area (Å²) < 4.78 is 5.36. The van der Waals surface area contributed by atoms with Crippen LogP contribution < -0.4 is 15.0 Å². The number of nitrogens with one attached hydrogen (secondary N) is 2. The maximum absolute atomic E-state index is 14.1. The van der Waals surface area contributed by atoms with Crippen LogP contribution in [0.3, 0.4) is 0 Å². The van der Waals surface area contributed by atoms with Crippen molar-refractivity contribution in [1.29, 1.82) is 0 Å². The molecule has 3 heterocycles. The van der Waals surface area contributed by atoms with E-state index in [-0.39, 0.29) is 11.8 Å². The summed E-state index contributed by atoms with van der Waals surface area (Å²) in [6, 6.07) is 26.4. The van der Waals surface area contributed by atoms with Gasteiger partial charge in [-0.15, -0.1) is 0 Å². The summed E-state index contributed by atoms with van der Waals surface area (Å²) in [6.45, 7) is 4.02. The van der Waals surface area contributed by atoms with Crippen molar-refractivity contribution >= 4 is 40.1 Å². The third kappa shape index (κ3) is 4.34. The van der Waals surface area contributed by atoms with Gasteiger partial charge in [-0.25, -0.2) is 9.69 Å². The number of hydrogen-bond donors (Lipinski definition) is 2. The maximum atomic E-state index is 14.1. The molecule has 0 unspecified atom stereocenters. The highest BCUT2D eigenvalue weighted by Crippen LogP contribution is 2.45. The highest BCUT2D eigenvalue weighted by Gasteiger charge is 2.53. The molecule has 4 amide bonds. The first-order chi connectivity index (χ1) is 20.8. The Labute approximate surface area is 248 Å². The zero-order valence-corrected chi connectivity index (χ0v) is 24.0. The summed E-state index contributed by atoms with van der Waals surface area (Å²) in [4.78, 5) is 47.5. The molecule has 8 nitrogen and oxygen atoms in total. The van der Waals surface area contributed by atoms with E-state index in [0.29, 0.717) is 29.1 Å². The van der Waals surface area contributed by atoms with Crippen LogP contribution in [0.25, 0.3) is 10.9 Å². The Morgan fingerprint density at radius 1 is 0.907 bits per heavy atom. The fraction of sp³-hybridized carbons (Fsp3) is 0.171. The minimum absolute atomic E-state index is 0.267. The second-order valence-electron chi connectivity index (χ2n) is 11.1. The lowest BCUT2D eigenvalue weighted by Crippen LogP contribution is -2.44. The number of rotatable bonds is 5. The van der Waals surface area contributed by atoms with E-state index in [1.165, 1.54) is 4.90 Å². The van der Waals surface area contributed by atoms with E-state index in [2.05, 4.69) is 10.3 Å². The number of para-hydroxylation sites is 1. The van der Waals surface area contributed by atoms with Gasteiger partial charge in [-0.2, -0.15) is 0 Å². The standard InChI is InChI=1S/C35H30N4O4/c1-20-8-13-24(18-21(20)2)36-33(40)23-9-14-25(15-10-23)38-34(41)30-19-28-27-6-4-5-7-29(27)37-31(28)32(39(30)35(38)42)22-11-16-26(43-3)17-12-22/h4-18,30,32,37H,19H2,1-3H3,(H,36,40)/t30-,32-/m0/s1. The zero-order valence-electron chi connectivity index (χ0n) is 24.0. The third-order valence-corrected chi connectivity index (χ3v) is 8.63. The molecule has 0 aliphatic carbocycles. The first kappa shape index (κ1) is 26.5. The number of aromatic nitrogens is 1. The average molecular weight is 571 g/mol. The summed E-state index contributed by atoms with van der Waals surface area (Å²) >= 11 is 0. The fourth-order valence-electron chi connectivity index (χ4n) is 6.23. The number of nitrogens with zero attached hydrogens (tertiary/aromatic N) is 2. The maximum Gasteiger partial charge on any atom is 0.332 e. The zero-order chi connectivity index (χ0) is 29.8. The quantitative estimate of drug-likeness (QED) is 0.235. The van der Waals surface area contributed by atoms with Crippen molar-refractivity contribution in [2.45, 2.75) is 32.4 Å². The van der Waals surface area contributed by atoms with Crippen molar-refractivity contribution in [1.82, 2.24) is 9.88 Å². The number of carbonyl (C=O) groups excluding carboxylic acids is 3. The molecule has 0 spiro atoms. The second kappa shape index (κ2) is 10.2. The van der Waals surface area contributed by atoms with E-state index in [1.54, 1.807) is 36.3 Å². The number of H-pyrrole nitrogens is 1. The Kier molecular flexibility index (Phi) is 6.27. The molecule has 8 heteroatoms. The minimum Gasteiger partial charge on any atom is -0.497 e. The average Bonchev–Trinajstić information content (AvgIpc) is 3.52. The molecule has 5 aromatic rings. The SMILES string of the molecule is COc1ccc([C@H]2c3[nH]c4ccccc4c3C[C@H]3C(=O)N(c4ccc(C(=O)Nc5ccc(C)c(C)c5)cc4)C(=O)N23)cc1. The molecule has 7 rings (SSSR count). The van der Waals surface area contributed by atoms with Crippen LogP contribution in [0.1, 0.15) is 44.3 Å². The number of aromatic amines is 1. The molecule has 4 aromatic carbocycles. The normalized spacial score (nSPS) is 17.7. The number of amides is 4. The topological polar surface area (TPSA) is 94.7 Å². The highest BCUT2D eigenvalue weighted by atomic mass is 16.5. The van der Waals surface area contributed by atoms with Crippen LogP contribution in [0.2, 0.25) is 0 Å². The van der Waals surface area contributed by atoms with E-state index in [1.807, 2.05) is 80.6 Å². The molecule has 1 saturated heterocycles. The molecule has 43 heavy (non-hydrogen) atoms. The molecule has 2 aliphatic heterocycles. The predicted octanol–water partition coefficient (Wildman–Crippen LogP) is 6.53. The molecule has 0 saturated carbocycles. The smallest absolute Gasteiger partial charge is 0.332 e. The molecule has 2 atom stereocenters. The molecule has 1 aromatic heterocycles. The number of carbonyl (C=O) groups is 3. The van der Waals surface area contributed by atoms with Crippen LogP contribution in [0, 0.1) is 13.8 Å². The number of fused-ring (bicyclic) bond motifs is 4. The minimum atomic E-state index is -0.668. The summed E-state index contributed by atoms with van der Waals surface area (Å²) in [5.74, 6) is 0.156. The predicted molar refractivity (Wildman–Crippen MR) is 166 cm³/mol. The van der Waals surface area contributed by atoms with Gasteiger partial charge >= 0.3 is 6.03 Å².